The number of hydrogen-bond acceptors (Lipinski definition) is 6. The normalized spacial score (nSPS) is 20.2. The minimum absolute atomic E-state index is 0.561. The SMILES string of the molecule is OC(c1ccccc1)c1ccnc2nc(N3CCC(N4CCCCC4)CC3)oc12. The molecular weight excluding hydrogens is 364 g/mol. The predicted molar refractivity (Wildman–Crippen MR) is 113 cm³/mol. The number of aromatic nitrogens is 2. The number of nitrogens with zero attached hydrogens (tertiary/aromatic N) is 4. The van der Waals surface area contributed by atoms with Gasteiger partial charge in [-0.05, 0) is 50.4 Å². The summed E-state index contributed by atoms with van der Waals surface area (Å²) in [6, 6.07) is 12.8. The Bertz CT molecular complexity index is 944. The van der Waals surface area contributed by atoms with Crippen LogP contribution in [0.25, 0.3) is 11.2 Å². The maximum Gasteiger partial charge on any atom is 0.299 e. The Morgan fingerprint density at radius 2 is 1.72 bits per heavy atom. The fourth-order valence-electron chi connectivity index (χ4n) is 4.71. The molecule has 2 saturated heterocycles. The summed E-state index contributed by atoms with van der Waals surface area (Å²) in [5, 5.41) is 10.9. The van der Waals surface area contributed by atoms with Crippen molar-refractivity contribution in [2.45, 2.75) is 44.2 Å². The van der Waals surface area contributed by atoms with Crippen molar-refractivity contribution in [3.63, 3.8) is 0 Å². The number of aliphatic hydroxyl groups is 1. The van der Waals surface area contributed by atoms with Crippen LogP contribution in [0.1, 0.15) is 49.3 Å². The van der Waals surface area contributed by atoms with Crippen LogP contribution in [0.2, 0.25) is 0 Å². The molecule has 152 valence electrons. The second-order valence-corrected chi connectivity index (χ2v) is 8.18. The number of anilines is 1. The predicted octanol–water partition coefficient (Wildman–Crippen LogP) is 3.76. The molecule has 2 aliphatic rings. The topological polar surface area (TPSA) is 65.6 Å². The fourth-order valence-corrected chi connectivity index (χ4v) is 4.71. The van der Waals surface area contributed by atoms with Crippen molar-refractivity contribution in [2.24, 2.45) is 0 Å². The highest BCUT2D eigenvalue weighted by atomic mass is 16.4. The molecule has 1 N–H and O–H groups in total. The average molecular weight is 393 g/mol. The zero-order valence-electron chi connectivity index (χ0n) is 16.7. The Kier molecular flexibility index (Phi) is 5.21. The highest BCUT2D eigenvalue weighted by molar-refractivity contribution is 5.75. The molecule has 29 heavy (non-hydrogen) atoms. The van der Waals surface area contributed by atoms with E-state index >= 15 is 0 Å². The first-order valence-electron chi connectivity index (χ1n) is 10.8. The van der Waals surface area contributed by atoms with Crippen LogP contribution in [0.15, 0.2) is 47.0 Å². The summed E-state index contributed by atoms with van der Waals surface area (Å²) >= 11 is 0. The van der Waals surface area contributed by atoms with Gasteiger partial charge in [0.15, 0.2) is 5.58 Å². The summed E-state index contributed by atoms with van der Waals surface area (Å²) < 4.78 is 6.14. The van der Waals surface area contributed by atoms with Crippen molar-refractivity contribution in [1.29, 1.82) is 0 Å². The molecule has 4 heterocycles. The molecule has 1 aromatic carbocycles. The van der Waals surface area contributed by atoms with Crippen molar-refractivity contribution >= 4 is 17.2 Å². The quantitative estimate of drug-likeness (QED) is 0.729. The number of benzene rings is 1. The van der Waals surface area contributed by atoms with Crippen LogP contribution in [0.5, 0.6) is 0 Å². The molecule has 0 amide bonds. The lowest BCUT2D eigenvalue weighted by atomic mass is 10.0. The molecule has 6 nitrogen and oxygen atoms in total. The zero-order chi connectivity index (χ0) is 19.6. The molecule has 1 atom stereocenters. The van der Waals surface area contributed by atoms with Crippen LogP contribution >= 0.6 is 0 Å². The van der Waals surface area contributed by atoms with Crippen LogP contribution in [-0.2, 0) is 0 Å². The molecule has 3 aromatic rings. The molecule has 2 fully saturated rings. The number of fused-ring (bicyclic) bond motifs is 1. The zero-order valence-corrected chi connectivity index (χ0v) is 16.7. The van der Waals surface area contributed by atoms with Gasteiger partial charge in [0.05, 0.1) is 0 Å². The number of pyridine rings is 1. The minimum atomic E-state index is -0.757. The number of piperidine rings is 2. The summed E-state index contributed by atoms with van der Waals surface area (Å²) in [6.45, 7) is 4.39. The van der Waals surface area contributed by atoms with Crippen molar-refractivity contribution in [3.05, 3.63) is 53.7 Å². The molecule has 0 radical (unpaired) electrons. The van der Waals surface area contributed by atoms with E-state index in [9.17, 15) is 5.11 Å². The first kappa shape index (κ1) is 18.6. The summed E-state index contributed by atoms with van der Waals surface area (Å²) in [6.07, 6.45) is 7.28. The van der Waals surface area contributed by atoms with E-state index in [1.54, 1.807) is 6.20 Å². The smallest absolute Gasteiger partial charge is 0.299 e. The van der Waals surface area contributed by atoms with Gasteiger partial charge in [0.2, 0.25) is 5.65 Å². The van der Waals surface area contributed by atoms with Crippen LogP contribution in [0.4, 0.5) is 6.01 Å². The number of aliphatic hydroxyl groups excluding tert-OH is 1. The summed E-state index contributed by atoms with van der Waals surface area (Å²) in [5.74, 6) is 0. The fraction of sp³-hybridized carbons (Fsp3) is 0.478. The molecule has 0 saturated carbocycles. The highest BCUT2D eigenvalue weighted by Crippen LogP contribution is 2.32. The Morgan fingerprint density at radius 3 is 2.48 bits per heavy atom. The Balaban J connectivity index is 1.34. The number of likely N-dealkylation sites (tertiary alicyclic amines) is 1. The van der Waals surface area contributed by atoms with Gasteiger partial charge in [0.25, 0.3) is 6.01 Å². The van der Waals surface area contributed by atoms with Gasteiger partial charge in [-0.2, -0.15) is 4.98 Å². The van der Waals surface area contributed by atoms with Gasteiger partial charge in [0.1, 0.15) is 6.10 Å². The molecule has 2 aromatic heterocycles. The lowest BCUT2D eigenvalue weighted by Crippen LogP contribution is -2.46. The number of hydrogen-bond donors (Lipinski definition) is 1. The third-order valence-electron chi connectivity index (χ3n) is 6.36. The molecule has 0 aliphatic carbocycles. The van der Waals surface area contributed by atoms with E-state index in [2.05, 4.69) is 19.8 Å². The number of rotatable bonds is 4. The second-order valence-electron chi connectivity index (χ2n) is 8.18. The first-order chi connectivity index (χ1) is 14.3. The van der Waals surface area contributed by atoms with Crippen molar-refractivity contribution in [1.82, 2.24) is 14.9 Å². The van der Waals surface area contributed by atoms with E-state index in [0.717, 1.165) is 31.5 Å². The monoisotopic (exact) mass is 392 g/mol. The third-order valence-corrected chi connectivity index (χ3v) is 6.36. The van der Waals surface area contributed by atoms with Gasteiger partial charge in [0, 0.05) is 30.9 Å². The molecule has 1 unspecified atom stereocenters. The van der Waals surface area contributed by atoms with Crippen LogP contribution in [0, 0.1) is 0 Å². The Morgan fingerprint density at radius 1 is 0.966 bits per heavy atom. The molecule has 0 bridgehead atoms. The minimum Gasteiger partial charge on any atom is -0.421 e. The average Bonchev–Trinajstić information content (AvgIpc) is 3.24. The van der Waals surface area contributed by atoms with Gasteiger partial charge in [-0.25, -0.2) is 4.98 Å². The van der Waals surface area contributed by atoms with E-state index in [-0.39, 0.29) is 0 Å². The highest BCUT2D eigenvalue weighted by Gasteiger charge is 2.28. The van der Waals surface area contributed by atoms with Gasteiger partial charge < -0.3 is 19.3 Å². The number of oxazole rings is 1. The lowest BCUT2D eigenvalue weighted by molar-refractivity contribution is 0.140. The van der Waals surface area contributed by atoms with Crippen molar-refractivity contribution < 1.29 is 9.52 Å². The van der Waals surface area contributed by atoms with Crippen LogP contribution < -0.4 is 4.90 Å². The lowest BCUT2D eigenvalue weighted by Gasteiger charge is -2.39. The molecule has 6 heteroatoms. The van der Waals surface area contributed by atoms with Gasteiger partial charge in [-0.3, -0.25) is 0 Å². The van der Waals surface area contributed by atoms with Gasteiger partial charge in [-0.1, -0.05) is 36.8 Å². The molecule has 2 aliphatic heterocycles. The maximum atomic E-state index is 10.9. The standard InChI is InChI=1S/C23H28N4O2/c28-20(17-7-3-1-4-8-17)19-9-12-24-22-21(19)29-23(25-22)27-15-10-18(11-16-27)26-13-5-2-6-14-26/h1,3-4,7-9,12,18,20,28H,2,5-6,10-11,13-16H2. The van der Waals surface area contributed by atoms with Crippen molar-refractivity contribution in [3.8, 4) is 0 Å². The van der Waals surface area contributed by atoms with E-state index < -0.39 is 6.10 Å². The summed E-state index contributed by atoms with van der Waals surface area (Å²) in [5.41, 5.74) is 2.69. The molecule has 5 rings (SSSR count). The molecule has 0 spiro atoms. The second kappa shape index (κ2) is 8.13. The maximum absolute atomic E-state index is 10.9. The Labute approximate surface area is 171 Å². The van der Waals surface area contributed by atoms with Crippen LogP contribution in [-0.4, -0.2) is 52.2 Å². The van der Waals surface area contributed by atoms with Gasteiger partial charge >= 0.3 is 0 Å². The van der Waals surface area contributed by atoms with Crippen LogP contribution in [0.3, 0.4) is 0 Å². The van der Waals surface area contributed by atoms with E-state index in [0.29, 0.717) is 28.9 Å². The van der Waals surface area contributed by atoms with E-state index in [4.69, 9.17) is 4.42 Å². The summed E-state index contributed by atoms with van der Waals surface area (Å²) in [4.78, 5) is 13.9. The largest absolute Gasteiger partial charge is 0.421 e. The first-order valence-corrected chi connectivity index (χ1v) is 10.8. The van der Waals surface area contributed by atoms with Gasteiger partial charge in [-0.15, -0.1) is 0 Å². The Hall–Kier alpha value is -2.44. The molecular formula is C23H28N4O2. The summed E-state index contributed by atoms with van der Waals surface area (Å²) in [7, 11) is 0. The third kappa shape index (κ3) is 3.74. The van der Waals surface area contributed by atoms with Crippen molar-refractivity contribution in [2.75, 3.05) is 31.1 Å². The van der Waals surface area contributed by atoms with E-state index in [1.165, 1.54) is 32.4 Å². The van der Waals surface area contributed by atoms with E-state index in [1.807, 2.05) is 36.4 Å².